The second-order valence-electron chi connectivity index (χ2n) is 4.83. The van der Waals surface area contributed by atoms with Gasteiger partial charge in [0.25, 0.3) is 0 Å². The predicted molar refractivity (Wildman–Crippen MR) is 61.4 cm³/mol. The van der Waals surface area contributed by atoms with Crippen LogP contribution in [0, 0.1) is 5.41 Å². The fourth-order valence-corrected chi connectivity index (χ4v) is 1.32. The molecular weight excluding hydrogens is 172 g/mol. The Morgan fingerprint density at radius 3 is 2.43 bits per heavy atom. The Morgan fingerprint density at radius 1 is 1.21 bits per heavy atom. The summed E-state index contributed by atoms with van der Waals surface area (Å²) < 4.78 is 0. The Kier molecular flexibility index (Phi) is 3.93. The van der Waals surface area contributed by atoms with Gasteiger partial charge in [-0.3, -0.25) is 4.98 Å². The molecule has 0 aromatic carbocycles. The van der Waals surface area contributed by atoms with E-state index in [4.69, 9.17) is 0 Å². The summed E-state index contributed by atoms with van der Waals surface area (Å²) in [5.41, 5.74) is 1.61. The van der Waals surface area contributed by atoms with Gasteiger partial charge in [-0.05, 0) is 30.4 Å². The molecule has 1 aromatic heterocycles. The van der Waals surface area contributed by atoms with Crippen LogP contribution in [0.5, 0.6) is 0 Å². The van der Waals surface area contributed by atoms with Gasteiger partial charge >= 0.3 is 0 Å². The number of hydrogen-bond acceptors (Lipinski definition) is 2. The molecule has 0 spiro atoms. The summed E-state index contributed by atoms with van der Waals surface area (Å²) in [4.78, 5) is 3.97. The number of hydrogen-bond donors (Lipinski definition) is 1. The van der Waals surface area contributed by atoms with Gasteiger partial charge in [-0.1, -0.05) is 20.8 Å². The van der Waals surface area contributed by atoms with Crippen LogP contribution in [0.2, 0.25) is 0 Å². The van der Waals surface area contributed by atoms with Gasteiger partial charge in [0.05, 0.1) is 0 Å². The standard InChI is InChI=1S/C12H20N2/c1-12(2,3)7-4-8-14-11-5-9-13-10-6-11/h5-6,9-10H,4,7-8H2,1-3H3,(H,13,14). The number of nitrogens with zero attached hydrogens (tertiary/aromatic N) is 1. The van der Waals surface area contributed by atoms with Crippen LogP contribution in [-0.2, 0) is 0 Å². The average molecular weight is 192 g/mol. The summed E-state index contributed by atoms with van der Waals surface area (Å²) in [6.07, 6.45) is 6.09. The Hall–Kier alpha value is -1.05. The van der Waals surface area contributed by atoms with E-state index in [1.807, 2.05) is 24.5 Å². The zero-order valence-electron chi connectivity index (χ0n) is 9.38. The first-order valence-electron chi connectivity index (χ1n) is 5.22. The Labute approximate surface area is 86.8 Å². The van der Waals surface area contributed by atoms with Crippen molar-refractivity contribution >= 4 is 5.69 Å². The third-order valence-corrected chi connectivity index (χ3v) is 2.11. The highest BCUT2D eigenvalue weighted by atomic mass is 14.9. The number of nitrogens with one attached hydrogen (secondary N) is 1. The minimum atomic E-state index is 0.444. The van der Waals surface area contributed by atoms with Crippen LogP contribution in [0.25, 0.3) is 0 Å². The number of anilines is 1. The smallest absolute Gasteiger partial charge is 0.0371 e. The molecule has 14 heavy (non-hydrogen) atoms. The van der Waals surface area contributed by atoms with Gasteiger partial charge in [0.1, 0.15) is 0 Å². The van der Waals surface area contributed by atoms with Crippen LogP contribution in [0.15, 0.2) is 24.5 Å². The van der Waals surface area contributed by atoms with Gasteiger partial charge in [0.15, 0.2) is 0 Å². The number of pyridine rings is 1. The molecule has 1 N–H and O–H groups in total. The van der Waals surface area contributed by atoms with E-state index >= 15 is 0 Å². The molecule has 0 saturated heterocycles. The Morgan fingerprint density at radius 2 is 1.86 bits per heavy atom. The van der Waals surface area contributed by atoms with Gasteiger partial charge in [-0.25, -0.2) is 0 Å². The summed E-state index contributed by atoms with van der Waals surface area (Å²) in [6.45, 7) is 7.87. The maximum atomic E-state index is 3.97. The first kappa shape index (κ1) is 11.0. The molecule has 1 heterocycles. The molecule has 0 fully saturated rings. The van der Waals surface area contributed by atoms with E-state index in [1.165, 1.54) is 12.8 Å². The minimum absolute atomic E-state index is 0.444. The van der Waals surface area contributed by atoms with E-state index in [0.29, 0.717) is 5.41 Å². The fraction of sp³-hybridized carbons (Fsp3) is 0.583. The number of aromatic nitrogens is 1. The quantitative estimate of drug-likeness (QED) is 0.740. The van der Waals surface area contributed by atoms with E-state index in [1.54, 1.807) is 0 Å². The maximum absolute atomic E-state index is 3.97. The monoisotopic (exact) mass is 192 g/mol. The second kappa shape index (κ2) is 4.99. The molecule has 0 radical (unpaired) electrons. The molecule has 0 saturated carbocycles. The fourth-order valence-electron chi connectivity index (χ4n) is 1.32. The van der Waals surface area contributed by atoms with E-state index in [2.05, 4.69) is 31.1 Å². The van der Waals surface area contributed by atoms with Gasteiger partial charge < -0.3 is 5.32 Å². The summed E-state index contributed by atoms with van der Waals surface area (Å²) in [5, 5.41) is 3.38. The van der Waals surface area contributed by atoms with E-state index in [9.17, 15) is 0 Å². The zero-order chi connectivity index (χ0) is 10.4. The van der Waals surface area contributed by atoms with Gasteiger partial charge in [-0.2, -0.15) is 0 Å². The van der Waals surface area contributed by atoms with Crippen molar-refractivity contribution in [1.82, 2.24) is 4.98 Å². The zero-order valence-corrected chi connectivity index (χ0v) is 9.38. The van der Waals surface area contributed by atoms with Crippen molar-refractivity contribution in [3.8, 4) is 0 Å². The molecule has 1 rings (SSSR count). The van der Waals surface area contributed by atoms with Crippen LogP contribution in [-0.4, -0.2) is 11.5 Å². The highest BCUT2D eigenvalue weighted by molar-refractivity contribution is 5.40. The van der Waals surface area contributed by atoms with Crippen molar-refractivity contribution in [2.45, 2.75) is 33.6 Å². The third-order valence-electron chi connectivity index (χ3n) is 2.11. The van der Waals surface area contributed by atoms with Crippen molar-refractivity contribution in [1.29, 1.82) is 0 Å². The molecule has 0 aliphatic rings. The normalized spacial score (nSPS) is 11.4. The highest BCUT2D eigenvalue weighted by Crippen LogP contribution is 2.20. The van der Waals surface area contributed by atoms with Crippen LogP contribution in [0.4, 0.5) is 5.69 Å². The molecule has 1 aromatic rings. The Bertz CT molecular complexity index is 249. The number of rotatable bonds is 4. The molecule has 0 bridgehead atoms. The minimum Gasteiger partial charge on any atom is -0.385 e. The summed E-state index contributed by atoms with van der Waals surface area (Å²) >= 11 is 0. The maximum Gasteiger partial charge on any atom is 0.0371 e. The van der Waals surface area contributed by atoms with E-state index in [0.717, 1.165) is 12.2 Å². The molecule has 2 heteroatoms. The largest absolute Gasteiger partial charge is 0.385 e. The molecule has 0 unspecified atom stereocenters. The molecule has 78 valence electrons. The molecular formula is C12H20N2. The van der Waals surface area contributed by atoms with Crippen molar-refractivity contribution in [3.05, 3.63) is 24.5 Å². The summed E-state index contributed by atoms with van der Waals surface area (Å²) in [7, 11) is 0. The lowest BCUT2D eigenvalue weighted by Crippen LogP contribution is -2.09. The molecule has 0 aliphatic heterocycles. The second-order valence-corrected chi connectivity index (χ2v) is 4.83. The lowest BCUT2D eigenvalue weighted by molar-refractivity contribution is 0.370. The molecule has 0 atom stereocenters. The first-order valence-corrected chi connectivity index (χ1v) is 5.22. The van der Waals surface area contributed by atoms with Crippen LogP contribution < -0.4 is 5.32 Å². The van der Waals surface area contributed by atoms with Gasteiger partial charge in [0, 0.05) is 24.6 Å². The lowest BCUT2D eigenvalue weighted by Gasteiger charge is -2.17. The van der Waals surface area contributed by atoms with Crippen LogP contribution >= 0.6 is 0 Å². The Balaban J connectivity index is 2.17. The average Bonchev–Trinajstić information content (AvgIpc) is 2.13. The van der Waals surface area contributed by atoms with Crippen LogP contribution in [0.1, 0.15) is 33.6 Å². The SMILES string of the molecule is CC(C)(C)CCCNc1ccncc1. The summed E-state index contributed by atoms with van der Waals surface area (Å²) in [6, 6.07) is 3.99. The van der Waals surface area contributed by atoms with Gasteiger partial charge in [-0.15, -0.1) is 0 Å². The molecule has 0 amide bonds. The molecule has 0 aliphatic carbocycles. The molecule has 2 nitrogen and oxygen atoms in total. The van der Waals surface area contributed by atoms with E-state index in [-0.39, 0.29) is 0 Å². The lowest BCUT2D eigenvalue weighted by atomic mass is 9.91. The van der Waals surface area contributed by atoms with Crippen molar-refractivity contribution in [2.75, 3.05) is 11.9 Å². The van der Waals surface area contributed by atoms with Crippen molar-refractivity contribution in [3.63, 3.8) is 0 Å². The third kappa shape index (κ3) is 4.85. The first-order chi connectivity index (χ1) is 6.58. The predicted octanol–water partition coefficient (Wildman–Crippen LogP) is 3.32. The topological polar surface area (TPSA) is 24.9 Å². The van der Waals surface area contributed by atoms with Crippen LogP contribution in [0.3, 0.4) is 0 Å². The highest BCUT2D eigenvalue weighted by Gasteiger charge is 2.08. The van der Waals surface area contributed by atoms with E-state index < -0.39 is 0 Å². The van der Waals surface area contributed by atoms with Crippen molar-refractivity contribution in [2.24, 2.45) is 5.41 Å². The summed E-state index contributed by atoms with van der Waals surface area (Å²) in [5.74, 6) is 0. The van der Waals surface area contributed by atoms with Gasteiger partial charge in [0.2, 0.25) is 0 Å². The van der Waals surface area contributed by atoms with Crippen molar-refractivity contribution < 1.29 is 0 Å².